The first-order valence-corrected chi connectivity index (χ1v) is 9.37. The first-order valence-electron chi connectivity index (χ1n) is 8.99. The number of aryl methyl sites for hydroxylation is 2. The zero-order chi connectivity index (χ0) is 19.0. The monoisotopic (exact) mass is 377 g/mol. The second kappa shape index (κ2) is 7.12. The van der Waals surface area contributed by atoms with Gasteiger partial charge in [-0.1, -0.05) is 41.4 Å². The summed E-state index contributed by atoms with van der Waals surface area (Å²) in [6.07, 6.45) is 1.16. The Balaban J connectivity index is 1.66. The number of aromatic nitrogens is 2. The lowest BCUT2D eigenvalue weighted by molar-refractivity contribution is 0.0962. The van der Waals surface area contributed by atoms with Gasteiger partial charge in [0, 0.05) is 17.1 Å². The number of rotatable bonds is 3. The van der Waals surface area contributed by atoms with Gasteiger partial charge in [-0.25, -0.2) is 9.97 Å². The van der Waals surface area contributed by atoms with Crippen molar-refractivity contribution in [1.82, 2.24) is 9.97 Å². The Morgan fingerprint density at radius 3 is 2.56 bits per heavy atom. The van der Waals surface area contributed by atoms with E-state index in [1.165, 1.54) is 5.56 Å². The minimum Gasteiger partial charge on any atom is -0.324 e. The Kier molecular flexibility index (Phi) is 4.66. The van der Waals surface area contributed by atoms with Crippen molar-refractivity contribution >= 4 is 29.0 Å². The van der Waals surface area contributed by atoms with Crippen LogP contribution in [0.4, 0.5) is 11.6 Å². The number of hydrogen-bond acceptors (Lipinski definition) is 4. The molecule has 27 heavy (non-hydrogen) atoms. The number of anilines is 2. The van der Waals surface area contributed by atoms with Gasteiger partial charge in [0.25, 0.3) is 0 Å². The molecule has 0 aliphatic heterocycles. The van der Waals surface area contributed by atoms with Gasteiger partial charge in [0.05, 0.1) is 17.0 Å². The molecule has 3 aromatic rings. The average molecular weight is 378 g/mol. The second-order valence-electron chi connectivity index (χ2n) is 7.03. The summed E-state index contributed by atoms with van der Waals surface area (Å²) >= 11 is 6.13. The summed E-state index contributed by atoms with van der Waals surface area (Å²) in [7, 11) is 0. The quantitative estimate of drug-likeness (QED) is 0.663. The van der Waals surface area contributed by atoms with Gasteiger partial charge in [0.1, 0.15) is 0 Å². The molecule has 1 aliphatic carbocycles. The minimum atomic E-state index is 0.0882. The zero-order valence-electron chi connectivity index (χ0n) is 15.3. The number of halogens is 1. The highest BCUT2D eigenvalue weighted by molar-refractivity contribution is 6.30. The van der Waals surface area contributed by atoms with E-state index in [1.54, 1.807) is 0 Å². The van der Waals surface area contributed by atoms with Crippen LogP contribution < -0.4 is 5.32 Å². The molecule has 1 N–H and O–H groups in total. The fourth-order valence-corrected chi connectivity index (χ4v) is 3.79. The van der Waals surface area contributed by atoms with Crippen LogP contribution in [0.25, 0.3) is 0 Å². The van der Waals surface area contributed by atoms with Gasteiger partial charge in [-0.05, 0) is 56.0 Å². The van der Waals surface area contributed by atoms with E-state index in [9.17, 15) is 4.79 Å². The summed E-state index contributed by atoms with van der Waals surface area (Å²) in [6.45, 7) is 3.92. The van der Waals surface area contributed by atoms with Crippen LogP contribution in [0, 0.1) is 13.8 Å². The Morgan fingerprint density at radius 2 is 1.81 bits per heavy atom. The number of Topliss-reactive ketones (excluding diaryl/α,β-unsaturated/α-hetero) is 1. The van der Waals surface area contributed by atoms with Gasteiger partial charge >= 0.3 is 0 Å². The van der Waals surface area contributed by atoms with Crippen molar-refractivity contribution in [2.24, 2.45) is 0 Å². The van der Waals surface area contributed by atoms with Gasteiger partial charge in [0.2, 0.25) is 5.95 Å². The third kappa shape index (κ3) is 3.71. The number of hydrogen-bond donors (Lipinski definition) is 1. The molecule has 4 nitrogen and oxygen atoms in total. The second-order valence-corrected chi connectivity index (χ2v) is 7.47. The summed E-state index contributed by atoms with van der Waals surface area (Å²) in [4.78, 5) is 21.9. The fourth-order valence-electron chi connectivity index (χ4n) is 3.59. The lowest BCUT2D eigenvalue weighted by atomic mass is 9.81. The van der Waals surface area contributed by atoms with E-state index in [-0.39, 0.29) is 11.7 Å². The first-order chi connectivity index (χ1) is 13.0. The minimum absolute atomic E-state index is 0.0882. The summed E-state index contributed by atoms with van der Waals surface area (Å²) in [6, 6.07) is 15.8. The molecule has 4 rings (SSSR count). The Morgan fingerprint density at radius 1 is 1.04 bits per heavy atom. The number of nitrogens with zero attached hydrogens (tertiary/aromatic N) is 2. The maximum Gasteiger partial charge on any atom is 0.227 e. The van der Waals surface area contributed by atoms with E-state index in [1.807, 2.05) is 62.4 Å². The lowest BCUT2D eigenvalue weighted by Crippen LogP contribution is -2.22. The molecule has 0 saturated carbocycles. The molecule has 0 unspecified atom stereocenters. The van der Waals surface area contributed by atoms with Crippen molar-refractivity contribution < 1.29 is 4.79 Å². The van der Waals surface area contributed by atoms with Crippen molar-refractivity contribution in [3.05, 3.63) is 81.6 Å². The highest BCUT2D eigenvalue weighted by atomic mass is 35.5. The largest absolute Gasteiger partial charge is 0.324 e. The molecular weight excluding hydrogens is 358 g/mol. The van der Waals surface area contributed by atoms with Gasteiger partial charge in [-0.3, -0.25) is 4.79 Å². The van der Waals surface area contributed by atoms with Crippen LogP contribution >= 0.6 is 11.6 Å². The van der Waals surface area contributed by atoms with E-state index in [4.69, 9.17) is 11.6 Å². The fraction of sp³-hybridized carbons (Fsp3) is 0.227. The first kappa shape index (κ1) is 17.7. The molecule has 0 radical (unpaired) electrons. The summed E-state index contributed by atoms with van der Waals surface area (Å²) in [5.41, 5.74) is 5.39. The molecule has 0 spiro atoms. The molecule has 1 aromatic heterocycles. The Labute approximate surface area is 163 Å². The molecular formula is C22H20ClN3O. The van der Waals surface area contributed by atoms with E-state index < -0.39 is 0 Å². The number of ketones is 1. The van der Waals surface area contributed by atoms with Gasteiger partial charge in [0.15, 0.2) is 5.78 Å². The summed E-state index contributed by atoms with van der Waals surface area (Å²) in [5.74, 6) is 0.709. The maximum absolute atomic E-state index is 12.7. The molecule has 1 aliphatic rings. The highest BCUT2D eigenvalue weighted by Gasteiger charge is 2.30. The van der Waals surface area contributed by atoms with Crippen LogP contribution in [0.3, 0.4) is 0 Å². The Bertz CT molecular complexity index is 1010. The molecule has 0 fully saturated rings. The summed E-state index contributed by atoms with van der Waals surface area (Å²) < 4.78 is 0. The zero-order valence-corrected chi connectivity index (χ0v) is 16.0. The number of carbonyl (C=O) groups excluding carboxylic acids is 1. The molecule has 1 atom stereocenters. The van der Waals surface area contributed by atoms with Crippen molar-refractivity contribution in [2.45, 2.75) is 32.6 Å². The van der Waals surface area contributed by atoms with Crippen molar-refractivity contribution in [2.75, 3.05) is 5.32 Å². The number of fused-ring (bicyclic) bond motifs is 1. The summed E-state index contributed by atoms with van der Waals surface area (Å²) in [5, 5.41) is 3.93. The lowest BCUT2D eigenvalue weighted by Gasteiger charge is -2.24. The molecule has 0 bridgehead atoms. The molecule has 5 heteroatoms. The van der Waals surface area contributed by atoms with Gasteiger partial charge in [-0.2, -0.15) is 0 Å². The molecule has 0 saturated heterocycles. The third-order valence-corrected chi connectivity index (χ3v) is 5.18. The van der Waals surface area contributed by atoms with Crippen molar-refractivity contribution in [3.63, 3.8) is 0 Å². The van der Waals surface area contributed by atoms with Crippen LogP contribution in [0.15, 0.2) is 48.5 Å². The van der Waals surface area contributed by atoms with E-state index in [2.05, 4.69) is 15.3 Å². The SMILES string of the molecule is Cc1ccc(Nc2nc(C)c3c(n2)C[C@H](c2cccc(Cl)c2)CC3=O)cc1. The van der Waals surface area contributed by atoms with Gasteiger partial charge in [-0.15, -0.1) is 0 Å². The average Bonchev–Trinajstić information content (AvgIpc) is 2.63. The highest BCUT2D eigenvalue weighted by Crippen LogP contribution is 2.34. The van der Waals surface area contributed by atoms with Crippen molar-refractivity contribution in [3.8, 4) is 0 Å². The number of carbonyl (C=O) groups is 1. The van der Waals surface area contributed by atoms with E-state index in [0.717, 1.165) is 22.6 Å². The van der Waals surface area contributed by atoms with Crippen molar-refractivity contribution in [1.29, 1.82) is 0 Å². The third-order valence-electron chi connectivity index (χ3n) is 4.94. The topological polar surface area (TPSA) is 54.9 Å². The standard InChI is InChI=1S/C22H20ClN3O/c1-13-6-8-18(9-7-13)25-22-24-14(2)21-19(26-22)11-16(12-20(21)27)15-4-3-5-17(23)10-15/h3-10,16H,11-12H2,1-2H3,(H,24,25,26)/t16-/m0/s1. The normalized spacial score (nSPS) is 16.1. The van der Waals surface area contributed by atoms with Crippen LogP contribution in [-0.4, -0.2) is 15.8 Å². The maximum atomic E-state index is 12.7. The van der Waals surface area contributed by atoms with Crippen LogP contribution in [0.2, 0.25) is 5.02 Å². The smallest absolute Gasteiger partial charge is 0.227 e. The molecule has 1 heterocycles. The molecule has 136 valence electrons. The van der Waals surface area contributed by atoms with Crippen LogP contribution in [0.1, 0.15) is 45.2 Å². The van der Waals surface area contributed by atoms with Crippen LogP contribution in [-0.2, 0) is 6.42 Å². The molecule has 2 aromatic carbocycles. The number of nitrogens with one attached hydrogen (secondary N) is 1. The van der Waals surface area contributed by atoms with E-state index >= 15 is 0 Å². The van der Waals surface area contributed by atoms with Gasteiger partial charge < -0.3 is 5.32 Å². The molecule has 0 amide bonds. The van der Waals surface area contributed by atoms with Crippen LogP contribution in [0.5, 0.6) is 0 Å². The predicted octanol–water partition coefficient (Wildman–Crippen LogP) is 5.40. The van der Waals surface area contributed by atoms with E-state index in [0.29, 0.717) is 29.4 Å². The number of benzene rings is 2. The Hall–Kier alpha value is -2.72. The predicted molar refractivity (Wildman–Crippen MR) is 108 cm³/mol.